The second-order valence-electron chi connectivity index (χ2n) is 5.36. The Morgan fingerprint density at radius 1 is 1.30 bits per heavy atom. The van der Waals surface area contributed by atoms with E-state index in [4.69, 9.17) is 19.5 Å². The topological polar surface area (TPSA) is 109 Å². The fourth-order valence-corrected chi connectivity index (χ4v) is 2.34. The molecule has 0 saturated carbocycles. The van der Waals surface area contributed by atoms with E-state index < -0.39 is 36.7 Å². The van der Waals surface area contributed by atoms with Crippen molar-refractivity contribution >= 4 is 5.97 Å². The van der Waals surface area contributed by atoms with Gasteiger partial charge in [-0.05, 0) is 24.6 Å². The van der Waals surface area contributed by atoms with Crippen LogP contribution in [0.15, 0.2) is 24.3 Å². The van der Waals surface area contributed by atoms with Gasteiger partial charge in [0.15, 0.2) is 12.2 Å². The highest BCUT2D eigenvalue weighted by Crippen LogP contribution is 2.26. The second kappa shape index (κ2) is 7.42. The average molecular weight is 321 g/mol. The van der Waals surface area contributed by atoms with Gasteiger partial charge in [-0.15, -0.1) is 0 Å². The number of carbonyl (C=O) groups is 1. The van der Waals surface area contributed by atoms with Gasteiger partial charge in [-0.3, -0.25) is 4.79 Å². The van der Waals surface area contributed by atoms with Crippen LogP contribution in [-0.2, 0) is 20.7 Å². The molecule has 124 valence electrons. The summed E-state index contributed by atoms with van der Waals surface area (Å²) < 4.78 is 16.0. The van der Waals surface area contributed by atoms with Crippen molar-refractivity contribution in [2.75, 3.05) is 0 Å². The number of aliphatic hydroxyl groups is 2. The summed E-state index contributed by atoms with van der Waals surface area (Å²) in [6.07, 6.45) is -5.07. The average Bonchev–Trinajstić information content (AvgIpc) is 2.51. The first-order chi connectivity index (χ1) is 10.9. The Bertz CT molecular complexity index is 581. The van der Waals surface area contributed by atoms with E-state index in [0.717, 1.165) is 5.56 Å². The summed E-state index contributed by atoms with van der Waals surface area (Å²) in [4.78, 5) is 11.1. The highest BCUT2D eigenvalue weighted by Gasteiger charge is 2.46. The highest BCUT2D eigenvalue weighted by atomic mass is 16.7. The van der Waals surface area contributed by atoms with Gasteiger partial charge in [0.1, 0.15) is 11.9 Å². The predicted octanol–water partition coefficient (Wildman–Crippen LogP) is 0.530. The SMILES string of the molecule is CC(=O)O[C@@H]1[C@@H](O)[C@H](C)O[C@@H](Oc2ccc(CC#N)cc2)[C@@H]1O. The first-order valence-corrected chi connectivity index (χ1v) is 7.23. The van der Waals surface area contributed by atoms with Crippen molar-refractivity contribution in [3.63, 3.8) is 0 Å². The minimum atomic E-state index is -1.33. The monoisotopic (exact) mass is 321 g/mol. The molecular formula is C16H19NO6. The molecule has 0 aromatic heterocycles. The molecule has 1 aliphatic rings. The molecule has 1 fully saturated rings. The molecule has 1 heterocycles. The van der Waals surface area contributed by atoms with E-state index in [2.05, 4.69) is 0 Å². The minimum Gasteiger partial charge on any atom is -0.462 e. The number of aliphatic hydroxyl groups excluding tert-OH is 2. The molecule has 0 radical (unpaired) electrons. The van der Waals surface area contributed by atoms with Crippen molar-refractivity contribution in [3.05, 3.63) is 29.8 Å². The van der Waals surface area contributed by atoms with Crippen LogP contribution in [0.1, 0.15) is 19.4 Å². The van der Waals surface area contributed by atoms with Gasteiger partial charge in [-0.1, -0.05) is 12.1 Å². The molecule has 0 aliphatic carbocycles. The van der Waals surface area contributed by atoms with Gasteiger partial charge in [0, 0.05) is 6.92 Å². The molecule has 2 N–H and O–H groups in total. The number of carbonyl (C=O) groups excluding carboxylic acids is 1. The Balaban J connectivity index is 2.09. The van der Waals surface area contributed by atoms with Gasteiger partial charge in [0.2, 0.25) is 6.29 Å². The number of benzene rings is 1. The van der Waals surface area contributed by atoms with E-state index in [1.54, 1.807) is 31.2 Å². The van der Waals surface area contributed by atoms with Crippen molar-refractivity contribution in [1.29, 1.82) is 5.26 Å². The minimum absolute atomic E-state index is 0.292. The Kier molecular flexibility index (Phi) is 5.55. The molecule has 0 amide bonds. The van der Waals surface area contributed by atoms with Gasteiger partial charge in [0.05, 0.1) is 18.6 Å². The quantitative estimate of drug-likeness (QED) is 0.778. The summed E-state index contributed by atoms with van der Waals surface area (Å²) in [6.45, 7) is 2.79. The summed E-state index contributed by atoms with van der Waals surface area (Å²) in [6, 6.07) is 8.81. The highest BCUT2D eigenvalue weighted by molar-refractivity contribution is 5.66. The Labute approximate surface area is 134 Å². The normalized spacial score (nSPS) is 30.3. The third-order valence-corrected chi connectivity index (χ3v) is 3.54. The third kappa shape index (κ3) is 4.20. The fraction of sp³-hybridized carbons (Fsp3) is 0.500. The lowest BCUT2D eigenvalue weighted by molar-refractivity contribution is -0.272. The van der Waals surface area contributed by atoms with E-state index in [-0.39, 0.29) is 0 Å². The van der Waals surface area contributed by atoms with Crippen LogP contribution in [0, 0.1) is 11.3 Å². The van der Waals surface area contributed by atoms with E-state index in [1.807, 2.05) is 6.07 Å². The van der Waals surface area contributed by atoms with Crippen LogP contribution in [0.4, 0.5) is 0 Å². The summed E-state index contributed by atoms with van der Waals surface area (Å²) in [5.41, 5.74) is 0.839. The molecule has 7 nitrogen and oxygen atoms in total. The lowest BCUT2D eigenvalue weighted by atomic mass is 9.99. The van der Waals surface area contributed by atoms with Crippen molar-refractivity contribution < 1.29 is 29.2 Å². The zero-order valence-corrected chi connectivity index (χ0v) is 12.9. The van der Waals surface area contributed by atoms with E-state index in [1.165, 1.54) is 6.92 Å². The molecule has 2 rings (SSSR count). The number of hydrogen-bond donors (Lipinski definition) is 2. The maximum Gasteiger partial charge on any atom is 0.303 e. The van der Waals surface area contributed by atoms with Gasteiger partial charge in [0.25, 0.3) is 0 Å². The second-order valence-corrected chi connectivity index (χ2v) is 5.36. The standard InChI is InChI=1S/C16H19NO6/c1-9-13(19)15(22-10(2)18)14(20)16(21-9)23-12-5-3-11(4-6-12)7-8-17/h3-6,9,13-16,19-20H,7H2,1-2H3/t9-,13-,14+,15+,16-/m0/s1. The molecule has 0 unspecified atom stereocenters. The van der Waals surface area contributed by atoms with Crippen LogP contribution in [-0.4, -0.2) is 46.9 Å². The van der Waals surface area contributed by atoms with Crippen molar-refractivity contribution in [1.82, 2.24) is 0 Å². The van der Waals surface area contributed by atoms with Crippen molar-refractivity contribution in [2.45, 2.75) is 51.0 Å². The van der Waals surface area contributed by atoms with Gasteiger partial charge in [-0.25, -0.2) is 0 Å². The summed E-state index contributed by atoms with van der Waals surface area (Å²) in [7, 11) is 0. The Hall–Kier alpha value is -2.14. The zero-order valence-electron chi connectivity index (χ0n) is 12.9. The van der Waals surface area contributed by atoms with Crippen LogP contribution in [0.25, 0.3) is 0 Å². The van der Waals surface area contributed by atoms with Crippen LogP contribution < -0.4 is 4.74 Å². The van der Waals surface area contributed by atoms with E-state index in [9.17, 15) is 15.0 Å². The number of esters is 1. The lowest BCUT2D eigenvalue weighted by Gasteiger charge is -2.40. The number of hydrogen-bond acceptors (Lipinski definition) is 7. The maximum atomic E-state index is 11.1. The molecule has 1 aromatic carbocycles. The first kappa shape index (κ1) is 17.2. The van der Waals surface area contributed by atoms with E-state index in [0.29, 0.717) is 12.2 Å². The summed E-state index contributed by atoms with van der Waals surface area (Å²) in [5, 5.41) is 28.9. The zero-order chi connectivity index (χ0) is 17.0. The molecule has 1 saturated heterocycles. The number of ether oxygens (including phenoxy) is 3. The predicted molar refractivity (Wildman–Crippen MR) is 78.3 cm³/mol. The number of rotatable bonds is 4. The van der Waals surface area contributed by atoms with Crippen LogP contribution in [0.2, 0.25) is 0 Å². The molecule has 0 spiro atoms. The van der Waals surface area contributed by atoms with Crippen LogP contribution in [0.5, 0.6) is 5.75 Å². The lowest BCUT2D eigenvalue weighted by Crippen LogP contribution is -2.59. The van der Waals surface area contributed by atoms with Crippen molar-refractivity contribution in [2.24, 2.45) is 0 Å². The first-order valence-electron chi connectivity index (χ1n) is 7.23. The molecule has 0 bridgehead atoms. The fourth-order valence-electron chi connectivity index (χ4n) is 2.34. The molecule has 1 aromatic rings. The maximum absolute atomic E-state index is 11.1. The van der Waals surface area contributed by atoms with Gasteiger partial charge in [-0.2, -0.15) is 5.26 Å². The number of nitriles is 1. The number of nitrogens with zero attached hydrogens (tertiary/aromatic N) is 1. The van der Waals surface area contributed by atoms with Crippen LogP contribution >= 0.6 is 0 Å². The smallest absolute Gasteiger partial charge is 0.303 e. The molecule has 7 heteroatoms. The van der Waals surface area contributed by atoms with Crippen molar-refractivity contribution in [3.8, 4) is 11.8 Å². The van der Waals surface area contributed by atoms with Crippen LogP contribution in [0.3, 0.4) is 0 Å². The molecule has 23 heavy (non-hydrogen) atoms. The third-order valence-electron chi connectivity index (χ3n) is 3.54. The largest absolute Gasteiger partial charge is 0.462 e. The Morgan fingerprint density at radius 3 is 2.52 bits per heavy atom. The molecular weight excluding hydrogens is 302 g/mol. The van der Waals surface area contributed by atoms with Gasteiger partial charge < -0.3 is 24.4 Å². The summed E-state index contributed by atoms with van der Waals surface area (Å²) >= 11 is 0. The molecule has 5 atom stereocenters. The van der Waals surface area contributed by atoms with Gasteiger partial charge >= 0.3 is 5.97 Å². The summed E-state index contributed by atoms with van der Waals surface area (Å²) in [5.74, 6) is -0.178. The molecule has 1 aliphatic heterocycles. The Morgan fingerprint density at radius 2 is 1.96 bits per heavy atom. The van der Waals surface area contributed by atoms with E-state index >= 15 is 0 Å².